The predicted molar refractivity (Wildman–Crippen MR) is 47.1 cm³/mol. The van der Waals surface area contributed by atoms with Crippen LogP contribution in [0.1, 0.15) is 25.7 Å². The molecule has 0 unspecified atom stereocenters. The van der Waals surface area contributed by atoms with Gasteiger partial charge in [-0.15, -0.1) is 0 Å². The summed E-state index contributed by atoms with van der Waals surface area (Å²) in [6.07, 6.45) is 7.45. The number of nitroso groups, excluding NO2 is 1. The Bertz CT molecular complexity index is 276. The molecule has 5 nitrogen and oxygen atoms in total. The molecule has 2 rings (SSSR count). The van der Waals surface area contributed by atoms with Crippen LogP contribution in [0.5, 0.6) is 0 Å². The van der Waals surface area contributed by atoms with Crippen LogP contribution in [0.15, 0.2) is 17.8 Å². The van der Waals surface area contributed by atoms with Crippen LogP contribution in [0.4, 0.5) is 0 Å². The third-order valence-corrected chi connectivity index (χ3v) is 2.80. The summed E-state index contributed by atoms with van der Waals surface area (Å²) in [6.45, 7) is 0.316. The molecule has 0 aromatic carbocycles. The number of nitrogens with zero attached hydrogens (tertiary/aromatic N) is 4. The van der Waals surface area contributed by atoms with E-state index in [1.165, 1.54) is 6.33 Å². The van der Waals surface area contributed by atoms with Crippen molar-refractivity contribution in [3.8, 4) is 0 Å². The van der Waals surface area contributed by atoms with Crippen molar-refractivity contribution >= 4 is 0 Å². The van der Waals surface area contributed by atoms with Crippen LogP contribution in [0.3, 0.4) is 0 Å². The van der Waals surface area contributed by atoms with Crippen LogP contribution < -0.4 is 0 Å². The minimum atomic E-state index is -0.168. The van der Waals surface area contributed by atoms with Gasteiger partial charge < -0.3 is 0 Å². The lowest BCUT2D eigenvalue weighted by molar-refractivity contribution is 0.273. The van der Waals surface area contributed by atoms with Crippen molar-refractivity contribution in [1.82, 2.24) is 14.8 Å². The molecule has 0 atom stereocenters. The lowest BCUT2D eigenvalue weighted by atomic mass is 9.98. The molecule has 0 saturated heterocycles. The summed E-state index contributed by atoms with van der Waals surface area (Å²) in [4.78, 5) is 14.3. The van der Waals surface area contributed by atoms with Crippen LogP contribution in [-0.2, 0) is 5.54 Å². The molecule has 1 aliphatic rings. The summed E-state index contributed by atoms with van der Waals surface area (Å²) in [5, 5.41) is 7.10. The van der Waals surface area contributed by atoms with E-state index in [-0.39, 0.29) is 5.54 Å². The fourth-order valence-electron chi connectivity index (χ4n) is 2.07. The zero-order valence-electron chi connectivity index (χ0n) is 7.39. The molecule has 0 amide bonds. The predicted octanol–water partition coefficient (Wildman–Crippen LogP) is 1.31. The average Bonchev–Trinajstić information content (AvgIpc) is 2.73. The molecule has 1 aliphatic carbocycles. The van der Waals surface area contributed by atoms with Gasteiger partial charge in [0, 0.05) is 0 Å². The highest BCUT2D eigenvalue weighted by molar-refractivity contribution is 4.91. The molecule has 0 bridgehead atoms. The Morgan fingerprint density at radius 3 is 2.77 bits per heavy atom. The third-order valence-electron chi connectivity index (χ3n) is 2.80. The van der Waals surface area contributed by atoms with Crippen LogP contribution in [0.25, 0.3) is 0 Å². The maximum absolute atomic E-state index is 10.3. The zero-order chi connectivity index (χ0) is 9.15. The monoisotopic (exact) mass is 180 g/mol. The van der Waals surface area contributed by atoms with Gasteiger partial charge in [0.15, 0.2) is 0 Å². The van der Waals surface area contributed by atoms with Crippen molar-refractivity contribution in [2.45, 2.75) is 31.2 Å². The first-order chi connectivity index (χ1) is 6.37. The summed E-state index contributed by atoms with van der Waals surface area (Å²) < 4.78 is 1.79. The maximum atomic E-state index is 10.3. The molecule has 70 valence electrons. The second-order valence-corrected chi connectivity index (χ2v) is 3.56. The van der Waals surface area contributed by atoms with Crippen molar-refractivity contribution in [1.29, 1.82) is 0 Å². The van der Waals surface area contributed by atoms with Gasteiger partial charge in [0.25, 0.3) is 0 Å². The van der Waals surface area contributed by atoms with Crippen molar-refractivity contribution in [2.75, 3.05) is 6.54 Å². The van der Waals surface area contributed by atoms with Gasteiger partial charge in [-0.1, -0.05) is 18.0 Å². The molecular formula is C8H12N4O. The highest BCUT2D eigenvalue weighted by atomic mass is 16.3. The van der Waals surface area contributed by atoms with Gasteiger partial charge in [-0.3, -0.25) is 0 Å². The molecule has 0 aliphatic heterocycles. The van der Waals surface area contributed by atoms with E-state index in [0.29, 0.717) is 6.54 Å². The van der Waals surface area contributed by atoms with Crippen LogP contribution in [0.2, 0.25) is 0 Å². The highest BCUT2D eigenvalue weighted by Crippen LogP contribution is 2.35. The second-order valence-electron chi connectivity index (χ2n) is 3.56. The topological polar surface area (TPSA) is 60.1 Å². The van der Waals surface area contributed by atoms with Gasteiger partial charge in [-0.05, 0) is 12.8 Å². The Morgan fingerprint density at radius 1 is 1.46 bits per heavy atom. The van der Waals surface area contributed by atoms with Crippen molar-refractivity contribution in [3.05, 3.63) is 17.6 Å². The fourth-order valence-corrected chi connectivity index (χ4v) is 2.07. The molecule has 13 heavy (non-hydrogen) atoms. The van der Waals surface area contributed by atoms with Gasteiger partial charge in [0.05, 0.1) is 5.54 Å². The van der Waals surface area contributed by atoms with Crippen molar-refractivity contribution in [3.63, 3.8) is 0 Å². The van der Waals surface area contributed by atoms with E-state index < -0.39 is 0 Å². The Morgan fingerprint density at radius 2 is 2.23 bits per heavy atom. The summed E-state index contributed by atoms with van der Waals surface area (Å²) in [5.74, 6) is 0. The van der Waals surface area contributed by atoms with Crippen LogP contribution in [-0.4, -0.2) is 21.3 Å². The molecule has 1 saturated carbocycles. The molecule has 1 fully saturated rings. The van der Waals surface area contributed by atoms with Crippen LogP contribution in [0, 0.1) is 4.91 Å². The lowest BCUT2D eigenvalue weighted by Crippen LogP contribution is -2.34. The van der Waals surface area contributed by atoms with Crippen LogP contribution >= 0.6 is 0 Å². The normalized spacial score (nSPS) is 20.3. The highest BCUT2D eigenvalue weighted by Gasteiger charge is 2.36. The van der Waals surface area contributed by atoms with E-state index in [2.05, 4.69) is 15.3 Å². The van der Waals surface area contributed by atoms with Gasteiger partial charge >= 0.3 is 0 Å². The smallest absolute Gasteiger partial charge is 0.137 e. The average molecular weight is 180 g/mol. The molecule has 1 aromatic heterocycles. The van der Waals surface area contributed by atoms with Gasteiger partial charge in [-0.25, -0.2) is 9.67 Å². The molecule has 5 heteroatoms. The summed E-state index contributed by atoms with van der Waals surface area (Å²) in [5.41, 5.74) is -0.168. The lowest BCUT2D eigenvalue weighted by Gasteiger charge is -2.25. The Labute approximate surface area is 76.1 Å². The fraction of sp³-hybridized carbons (Fsp3) is 0.750. The largest absolute Gasteiger partial charge is 0.245 e. The number of rotatable bonds is 3. The summed E-state index contributed by atoms with van der Waals surface area (Å²) in [6, 6.07) is 0. The first-order valence-electron chi connectivity index (χ1n) is 4.52. The summed E-state index contributed by atoms with van der Waals surface area (Å²) >= 11 is 0. The molecule has 0 spiro atoms. The van der Waals surface area contributed by atoms with Crippen molar-refractivity contribution < 1.29 is 0 Å². The molecular weight excluding hydrogens is 168 g/mol. The molecule has 0 radical (unpaired) electrons. The van der Waals surface area contributed by atoms with E-state index in [0.717, 1.165) is 25.7 Å². The Kier molecular flexibility index (Phi) is 2.08. The molecule has 1 aromatic rings. The minimum Gasteiger partial charge on any atom is -0.245 e. The van der Waals surface area contributed by atoms with Gasteiger partial charge in [0.2, 0.25) is 0 Å². The SMILES string of the molecule is O=NCC1(n2cncn2)CCCC1. The Balaban J connectivity index is 2.27. The number of hydrogen-bond acceptors (Lipinski definition) is 4. The van der Waals surface area contributed by atoms with Crippen molar-refractivity contribution in [2.24, 2.45) is 5.18 Å². The maximum Gasteiger partial charge on any atom is 0.137 e. The van der Waals surface area contributed by atoms with Gasteiger partial charge in [0.1, 0.15) is 19.2 Å². The van der Waals surface area contributed by atoms with E-state index in [1.54, 1.807) is 11.0 Å². The minimum absolute atomic E-state index is 0.168. The number of aromatic nitrogens is 3. The zero-order valence-corrected chi connectivity index (χ0v) is 7.39. The van der Waals surface area contributed by atoms with E-state index in [9.17, 15) is 4.91 Å². The first-order valence-corrected chi connectivity index (χ1v) is 4.52. The molecule has 1 heterocycles. The Hall–Kier alpha value is -1.26. The van der Waals surface area contributed by atoms with E-state index in [1.807, 2.05) is 0 Å². The number of hydrogen-bond donors (Lipinski definition) is 0. The quantitative estimate of drug-likeness (QED) is 0.659. The summed E-state index contributed by atoms with van der Waals surface area (Å²) in [7, 11) is 0. The third kappa shape index (κ3) is 1.34. The first kappa shape index (κ1) is 8.34. The van der Waals surface area contributed by atoms with Gasteiger partial charge in [-0.2, -0.15) is 10.0 Å². The second kappa shape index (κ2) is 3.24. The van der Waals surface area contributed by atoms with E-state index >= 15 is 0 Å². The standard InChI is InChI=1S/C8H12N4O/c13-11-5-8(3-1-2-4-8)12-7-9-6-10-12/h6-7H,1-5H2. The molecule has 0 N–H and O–H groups in total. The van der Waals surface area contributed by atoms with E-state index in [4.69, 9.17) is 0 Å².